The molecule has 0 amide bonds. The van der Waals surface area contributed by atoms with Gasteiger partial charge in [0.1, 0.15) is 5.15 Å². The number of hydrogen-bond acceptors (Lipinski definition) is 4. The van der Waals surface area contributed by atoms with Crippen LogP contribution in [-0.2, 0) is 16.1 Å². The zero-order valence-electron chi connectivity index (χ0n) is 14.5. The normalized spacial score (nSPS) is 11.2. The van der Waals surface area contributed by atoms with Gasteiger partial charge in [-0.1, -0.05) is 55.8 Å². The number of nitrogens with zero attached hydrogens (tertiary/aromatic N) is 2. The molecule has 2 rings (SSSR count). The molecule has 0 aliphatic rings. The number of halogens is 1. The Morgan fingerprint density at radius 1 is 1.28 bits per heavy atom. The molecule has 1 heterocycles. The van der Waals surface area contributed by atoms with Crippen LogP contribution in [0.25, 0.3) is 6.08 Å². The third-order valence-corrected chi connectivity index (χ3v) is 3.87. The maximum absolute atomic E-state index is 11.9. The van der Waals surface area contributed by atoms with Gasteiger partial charge in [-0.25, -0.2) is 4.79 Å². The van der Waals surface area contributed by atoms with Crippen LogP contribution in [0.15, 0.2) is 36.4 Å². The molecule has 132 valence electrons. The average molecular weight is 361 g/mol. The number of aryl methyl sites for hydroxylation is 1. The Bertz CT molecular complexity index is 779. The molecule has 0 N–H and O–H groups in total. The number of ether oxygens (including phenoxy) is 1. The van der Waals surface area contributed by atoms with Gasteiger partial charge in [0.05, 0.1) is 5.69 Å². The Hall–Kier alpha value is -2.40. The second-order valence-electron chi connectivity index (χ2n) is 6.10. The molecule has 0 saturated heterocycles. The van der Waals surface area contributed by atoms with Crippen molar-refractivity contribution in [1.82, 2.24) is 9.78 Å². The summed E-state index contributed by atoms with van der Waals surface area (Å²) in [5, 5.41) is 4.85. The highest BCUT2D eigenvalue weighted by Gasteiger charge is 2.13. The van der Waals surface area contributed by atoms with E-state index in [2.05, 4.69) is 18.9 Å². The van der Waals surface area contributed by atoms with E-state index in [1.807, 2.05) is 13.0 Å². The highest BCUT2D eigenvalue weighted by molar-refractivity contribution is 6.31. The Labute approximate surface area is 152 Å². The Morgan fingerprint density at radius 3 is 2.60 bits per heavy atom. The van der Waals surface area contributed by atoms with Crippen molar-refractivity contribution in [1.29, 1.82) is 0 Å². The first-order chi connectivity index (χ1) is 11.9. The summed E-state index contributed by atoms with van der Waals surface area (Å²) in [7, 11) is 0. The number of ketones is 1. The third kappa shape index (κ3) is 5.29. The quantitative estimate of drug-likeness (QED) is 0.426. The molecule has 6 heteroatoms. The summed E-state index contributed by atoms with van der Waals surface area (Å²) in [5.41, 5.74) is 1.91. The van der Waals surface area contributed by atoms with E-state index in [-0.39, 0.29) is 12.4 Å². The zero-order chi connectivity index (χ0) is 18.4. The number of esters is 1. The maximum atomic E-state index is 11.9. The monoisotopic (exact) mass is 360 g/mol. The number of carbonyl (C=O) groups is 2. The highest BCUT2D eigenvalue weighted by Crippen LogP contribution is 2.22. The largest absolute Gasteiger partial charge is 0.454 e. The van der Waals surface area contributed by atoms with Crippen molar-refractivity contribution in [3.8, 4) is 0 Å². The first-order valence-electron chi connectivity index (χ1n) is 8.04. The Morgan fingerprint density at radius 2 is 1.96 bits per heavy atom. The van der Waals surface area contributed by atoms with Gasteiger partial charge in [0, 0.05) is 23.7 Å². The van der Waals surface area contributed by atoms with E-state index in [0.29, 0.717) is 28.7 Å². The molecular formula is C19H21ClN2O3. The van der Waals surface area contributed by atoms with Crippen LogP contribution in [0.4, 0.5) is 0 Å². The molecule has 0 aliphatic heterocycles. The second-order valence-corrected chi connectivity index (χ2v) is 6.45. The van der Waals surface area contributed by atoms with E-state index < -0.39 is 5.97 Å². The third-order valence-electron chi connectivity index (χ3n) is 3.47. The highest BCUT2D eigenvalue weighted by atomic mass is 35.5. The molecule has 0 aliphatic carbocycles. The molecule has 0 bridgehead atoms. The topological polar surface area (TPSA) is 61.2 Å². The molecule has 1 aromatic heterocycles. The smallest absolute Gasteiger partial charge is 0.331 e. The van der Waals surface area contributed by atoms with Gasteiger partial charge >= 0.3 is 5.97 Å². The van der Waals surface area contributed by atoms with E-state index in [1.54, 1.807) is 35.0 Å². The molecule has 0 unspecified atom stereocenters. The van der Waals surface area contributed by atoms with Gasteiger partial charge in [0.25, 0.3) is 0 Å². The fourth-order valence-corrected chi connectivity index (χ4v) is 2.57. The van der Waals surface area contributed by atoms with Gasteiger partial charge in [-0.05, 0) is 18.9 Å². The minimum Gasteiger partial charge on any atom is -0.454 e. The lowest BCUT2D eigenvalue weighted by Gasteiger charge is -2.05. The van der Waals surface area contributed by atoms with Crippen LogP contribution in [-0.4, -0.2) is 28.1 Å². The van der Waals surface area contributed by atoms with Gasteiger partial charge < -0.3 is 4.74 Å². The summed E-state index contributed by atoms with van der Waals surface area (Å²) in [6, 6.07) is 8.69. The van der Waals surface area contributed by atoms with Crippen molar-refractivity contribution in [2.24, 2.45) is 5.92 Å². The van der Waals surface area contributed by atoms with Crippen LogP contribution in [0.2, 0.25) is 5.15 Å². The number of Topliss-reactive ketones (excluding diaryl/α,β-unsaturated/α-hetero) is 1. The van der Waals surface area contributed by atoms with Crippen LogP contribution < -0.4 is 0 Å². The summed E-state index contributed by atoms with van der Waals surface area (Å²) in [4.78, 5) is 23.7. The lowest BCUT2D eigenvalue weighted by Crippen LogP contribution is -2.12. The fourth-order valence-electron chi connectivity index (χ4n) is 2.27. The summed E-state index contributed by atoms with van der Waals surface area (Å²) in [6.07, 6.45) is 2.82. The molecule has 5 nitrogen and oxygen atoms in total. The van der Waals surface area contributed by atoms with Gasteiger partial charge in [-0.2, -0.15) is 5.10 Å². The number of carbonyl (C=O) groups excluding carboxylic acids is 2. The van der Waals surface area contributed by atoms with Crippen LogP contribution in [0.1, 0.15) is 35.5 Å². The molecule has 0 spiro atoms. The predicted molar refractivity (Wildman–Crippen MR) is 97.6 cm³/mol. The minimum absolute atomic E-state index is 0.249. The van der Waals surface area contributed by atoms with Crippen LogP contribution >= 0.6 is 11.6 Å². The van der Waals surface area contributed by atoms with Gasteiger partial charge in [0.15, 0.2) is 12.4 Å². The van der Waals surface area contributed by atoms with Gasteiger partial charge in [0.2, 0.25) is 0 Å². The van der Waals surface area contributed by atoms with Crippen molar-refractivity contribution in [2.45, 2.75) is 27.3 Å². The number of benzene rings is 1. The minimum atomic E-state index is -0.601. The van der Waals surface area contributed by atoms with E-state index in [4.69, 9.17) is 16.3 Å². The second kappa shape index (κ2) is 8.62. The predicted octanol–water partition coefficient (Wildman–Crippen LogP) is 3.94. The molecule has 0 fully saturated rings. The van der Waals surface area contributed by atoms with Crippen molar-refractivity contribution in [2.75, 3.05) is 6.61 Å². The first kappa shape index (κ1) is 18.9. The summed E-state index contributed by atoms with van der Waals surface area (Å²) in [5.74, 6) is -0.444. The fraction of sp³-hybridized carbons (Fsp3) is 0.316. The molecule has 1 aromatic carbocycles. The van der Waals surface area contributed by atoms with Gasteiger partial charge in [-0.3, -0.25) is 9.48 Å². The Kier molecular flexibility index (Phi) is 6.53. The molecule has 0 radical (unpaired) electrons. The molecule has 25 heavy (non-hydrogen) atoms. The van der Waals surface area contributed by atoms with Gasteiger partial charge in [-0.15, -0.1) is 0 Å². The molecular weight excluding hydrogens is 340 g/mol. The standard InChI is InChI=1S/C19H21ClN2O3/c1-13(2)11-22-19(20)16(14(3)21-22)9-10-18(24)25-12-17(23)15-7-5-4-6-8-15/h4-10,13H,11-12H2,1-3H3/b10-9+. The maximum Gasteiger partial charge on any atom is 0.331 e. The summed E-state index contributed by atoms with van der Waals surface area (Å²) < 4.78 is 6.70. The number of aromatic nitrogens is 2. The summed E-state index contributed by atoms with van der Waals surface area (Å²) in [6.45, 7) is 6.37. The molecule has 0 saturated carbocycles. The molecule has 0 atom stereocenters. The SMILES string of the molecule is Cc1nn(CC(C)C)c(Cl)c1/C=C/C(=O)OCC(=O)c1ccccc1. The van der Waals surface area contributed by atoms with Crippen LogP contribution in [0.5, 0.6) is 0 Å². The van der Waals surface area contributed by atoms with Crippen molar-refractivity contribution >= 4 is 29.4 Å². The van der Waals surface area contributed by atoms with Crippen molar-refractivity contribution in [3.63, 3.8) is 0 Å². The van der Waals surface area contributed by atoms with Crippen molar-refractivity contribution in [3.05, 3.63) is 58.4 Å². The lowest BCUT2D eigenvalue weighted by atomic mass is 10.1. The number of hydrogen-bond donors (Lipinski definition) is 0. The first-order valence-corrected chi connectivity index (χ1v) is 8.42. The lowest BCUT2D eigenvalue weighted by molar-refractivity contribution is -0.136. The molecule has 2 aromatic rings. The number of rotatable bonds is 7. The Balaban J connectivity index is 1.96. The van der Waals surface area contributed by atoms with Crippen LogP contribution in [0.3, 0.4) is 0 Å². The van der Waals surface area contributed by atoms with E-state index in [0.717, 1.165) is 5.69 Å². The van der Waals surface area contributed by atoms with E-state index in [9.17, 15) is 9.59 Å². The van der Waals surface area contributed by atoms with Crippen molar-refractivity contribution < 1.29 is 14.3 Å². The van der Waals surface area contributed by atoms with E-state index in [1.165, 1.54) is 6.08 Å². The average Bonchev–Trinajstić information content (AvgIpc) is 2.84. The van der Waals surface area contributed by atoms with E-state index >= 15 is 0 Å². The summed E-state index contributed by atoms with van der Waals surface area (Å²) >= 11 is 6.31. The van der Waals surface area contributed by atoms with Crippen LogP contribution in [0, 0.1) is 12.8 Å². The zero-order valence-corrected chi connectivity index (χ0v) is 15.3.